The van der Waals surface area contributed by atoms with E-state index >= 15 is 0 Å². The highest BCUT2D eigenvalue weighted by atomic mass is 16.4. The summed E-state index contributed by atoms with van der Waals surface area (Å²) in [7, 11) is 0. The molecule has 1 amide bonds. The van der Waals surface area contributed by atoms with Crippen LogP contribution in [0, 0.1) is 6.92 Å². The fourth-order valence-electron chi connectivity index (χ4n) is 2.74. The molecule has 0 aliphatic carbocycles. The van der Waals surface area contributed by atoms with Crippen LogP contribution in [0.15, 0.2) is 39.7 Å². The highest BCUT2D eigenvalue weighted by Gasteiger charge is 2.14. The topological polar surface area (TPSA) is 82.1 Å². The molecule has 7 nitrogen and oxygen atoms in total. The summed E-state index contributed by atoms with van der Waals surface area (Å²) in [6, 6.07) is 7.52. The number of carbonyl (C=O) groups is 1. The smallest absolute Gasteiger partial charge is 0.408 e. The lowest BCUT2D eigenvalue weighted by molar-refractivity contribution is -0.116. The number of anilines is 1. The molecule has 2 heterocycles. The molecule has 0 bridgehead atoms. The van der Waals surface area contributed by atoms with Gasteiger partial charge in [0, 0.05) is 19.0 Å². The largest absolute Gasteiger partial charge is 0.419 e. The number of amides is 1. The Bertz CT molecular complexity index is 951. The van der Waals surface area contributed by atoms with Gasteiger partial charge in [-0.1, -0.05) is 13.0 Å². The van der Waals surface area contributed by atoms with Crippen LogP contribution >= 0.6 is 0 Å². The van der Waals surface area contributed by atoms with Gasteiger partial charge in [0.1, 0.15) is 5.82 Å². The molecule has 0 aliphatic rings. The second-order valence-corrected chi connectivity index (χ2v) is 6.21. The Kier molecular flexibility index (Phi) is 4.74. The summed E-state index contributed by atoms with van der Waals surface area (Å²) in [5, 5.41) is 7.11. The molecule has 3 rings (SSSR count). The van der Waals surface area contributed by atoms with Crippen molar-refractivity contribution in [3.8, 4) is 0 Å². The molecule has 25 heavy (non-hydrogen) atoms. The van der Waals surface area contributed by atoms with Crippen LogP contribution in [-0.4, -0.2) is 20.3 Å². The maximum absolute atomic E-state index is 12.3. The lowest BCUT2D eigenvalue weighted by Gasteiger charge is -2.14. The fraction of sp³-hybridized carbons (Fsp3) is 0.389. The van der Waals surface area contributed by atoms with Gasteiger partial charge in [0.05, 0.1) is 17.8 Å². The summed E-state index contributed by atoms with van der Waals surface area (Å²) in [6.45, 7) is 6.32. The maximum atomic E-state index is 12.3. The molecule has 0 radical (unpaired) electrons. The van der Waals surface area contributed by atoms with Crippen molar-refractivity contribution < 1.29 is 9.21 Å². The quantitative estimate of drug-likeness (QED) is 0.746. The van der Waals surface area contributed by atoms with E-state index in [0.717, 1.165) is 12.0 Å². The number of benzene rings is 1. The van der Waals surface area contributed by atoms with Gasteiger partial charge in [0.15, 0.2) is 5.58 Å². The van der Waals surface area contributed by atoms with Crippen molar-refractivity contribution in [2.24, 2.45) is 0 Å². The Hall–Kier alpha value is -2.83. The van der Waals surface area contributed by atoms with Gasteiger partial charge in [0.2, 0.25) is 5.91 Å². The summed E-state index contributed by atoms with van der Waals surface area (Å²) >= 11 is 0. The van der Waals surface area contributed by atoms with Crippen molar-refractivity contribution in [1.29, 1.82) is 0 Å². The number of fused-ring (bicyclic) bond motifs is 1. The third-order valence-electron chi connectivity index (χ3n) is 4.33. The van der Waals surface area contributed by atoms with E-state index < -0.39 is 5.76 Å². The van der Waals surface area contributed by atoms with Crippen LogP contribution in [0.3, 0.4) is 0 Å². The van der Waals surface area contributed by atoms with Gasteiger partial charge in [-0.05, 0) is 38.0 Å². The Morgan fingerprint density at radius 3 is 2.92 bits per heavy atom. The first-order valence-corrected chi connectivity index (χ1v) is 8.43. The molecular formula is C18H22N4O3. The molecular weight excluding hydrogens is 320 g/mol. The number of aryl methyl sites for hydroxylation is 2. The predicted molar refractivity (Wildman–Crippen MR) is 95.7 cm³/mol. The molecule has 0 spiro atoms. The molecule has 2 aromatic heterocycles. The van der Waals surface area contributed by atoms with Crippen LogP contribution in [-0.2, 0) is 11.3 Å². The zero-order chi connectivity index (χ0) is 18.0. The average Bonchev–Trinajstić information content (AvgIpc) is 3.16. The van der Waals surface area contributed by atoms with Crippen LogP contribution < -0.4 is 11.1 Å². The second-order valence-electron chi connectivity index (χ2n) is 6.21. The predicted octanol–water partition coefficient (Wildman–Crippen LogP) is 3.10. The zero-order valence-corrected chi connectivity index (χ0v) is 14.7. The molecule has 0 fully saturated rings. The van der Waals surface area contributed by atoms with E-state index in [9.17, 15) is 9.59 Å². The van der Waals surface area contributed by atoms with E-state index in [1.54, 1.807) is 23.0 Å². The zero-order valence-electron chi connectivity index (χ0n) is 14.7. The number of rotatable bonds is 6. The minimum atomic E-state index is -0.446. The number of nitrogens with zero attached hydrogens (tertiary/aromatic N) is 3. The number of hydrogen-bond acceptors (Lipinski definition) is 4. The minimum Gasteiger partial charge on any atom is -0.408 e. The van der Waals surface area contributed by atoms with E-state index in [1.807, 2.05) is 26.0 Å². The Balaban J connectivity index is 1.71. The van der Waals surface area contributed by atoms with Crippen LogP contribution in [0.5, 0.6) is 0 Å². The van der Waals surface area contributed by atoms with Gasteiger partial charge in [0.25, 0.3) is 0 Å². The van der Waals surface area contributed by atoms with Crippen molar-refractivity contribution in [2.75, 3.05) is 5.32 Å². The fourth-order valence-corrected chi connectivity index (χ4v) is 2.74. The van der Waals surface area contributed by atoms with Crippen molar-refractivity contribution in [1.82, 2.24) is 14.3 Å². The van der Waals surface area contributed by atoms with Crippen molar-refractivity contribution >= 4 is 22.8 Å². The van der Waals surface area contributed by atoms with Gasteiger partial charge >= 0.3 is 5.76 Å². The van der Waals surface area contributed by atoms with Crippen LogP contribution in [0.1, 0.15) is 38.3 Å². The summed E-state index contributed by atoms with van der Waals surface area (Å²) in [6.07, 6.45) is 2.76. The van der Waals surface area contributed by atoms with E-state index in [1.165, 1.54) is 4.57 Å². The molecule has 1 N–H and O–H groups in total. The highest BCUT2D eigenvalue weighted by Crippen LogP contribution is 2.17. The normalized spacial score (nSPS) is 12.4. The van der Waals surface area contributed by atoms with E-state index in [-0.39, 0.29) is 24.9 Å². The third kappa shape index (κ3) is 3.50. The monoisotopic (exact) mass is 342 g/mol. The second kappa shape index (κ2) is 6.96. The highest BCUT2D eigenvalue weighted by molar-refractivity contribution is 5.89. The van der Waals surface area contributed by atoms with Gasteiger partial charge in [-0.3, -0.25) is 9.36 Å². The van der Waals surface area contributed by atoms with E-state index in [4.69, 9.17) is 4.42 Å². The van der Waals surface area contributed by atoms with E-state index in [0.29, 0.717) is 16.9 Å². The van der Waals surface area contributed by atoms with Gasteiger partial charge in [-0.25, -0.2) is 9.48 Å². The average molecular weight is 342 g/mol. The molecule has 0 aliphatic heterocycles. The molecule has 0 saturated heterocycles. The Morgan fingerprint density at radius 1 is 1.36 bits per heavy atom. The number of oxazole rings is 1. The van der Waals surface area contributed by atoms with Gasteiger partial charge < -0.3 is 9.73 Å². The van der Waals surface area contributed by atoms with Crippen LogP contribution in [0.2, 0.25) is 0 Å². The first kappa shape index (κ1) is 17.0. The van der Waals surface area contributed by atoms with E-state index in [2.05, 4.69) is 17.3 Å². The maximum Gasteiger partial charge on any atom is 0.419 e. The van der Waals surface area contributed by atoms with Crippen molar-refractivity contribution in [3.63, 3.8) is 0 Å². The molecule has 3 aromatic rings. The first-order valence-electron chi connectivity index (χ1n) is 8.43. The SMILES string of the molecule is CCC(C)n1nccc1NC(=O)CCn1c(=O)oc2ccc(C)cc21. The van der Waals surface area contributed by atoms with Crippen LogP contribution in [0.4, 0.5) is 5.82 Å². The van der Waals surface area contributed by atoms with Crippen molar-refractivity contribution in [2.45, 2.75) is 46.2 Å². The molecule has 1 aromatic carbocycles. The van der Waals surface area contributed by atoms with Gasteiger partial charge in [-0.2, -0.15) is 5.10 Å². The lowest BCUT2D eigenvalue weighted by atomic mass is 10.2. The Morgan fingerprint density at radius 2 is 2.16 bits per heavy atom. The molecule has 1 atom stereocenters. The summed E-state index contributed by atoms with van der Waals surface area (Å²) < 4.78 is 8.51. The first-order chi connectivity index (χ1) is 12.0. The van der Waals surface area contributed by atoms with Crippen LogP contribution in [0.25, 0.3) is 11.1 Å². The number of aromatic nitrogens is 3. The summed E-state index contributed by atoms with van der Waals surface area (Å²) in [5.41, 5.74) is 2.28. The standard InChI is InChI=1S/C18H22N4O3/c1-4-13(3)22-16(7-9-19-22)20-17(23)8-10-21-14-11-12(2)5-6-15(14)25-18(21)24/h5-7,9,11,13H,4,8,10H2,1-3H3,(H,20,23). The number of hydrogen-bond donors (Lipinski definition) is 1. The molecule has 132 valence electrons. The summed E-state index contributed by atoms with van der Waals surface area (Å²) in [5.74, 6) is 0.0524. The Labute approximate surface area is 145 Å². The number of carbonyl (C=O) groups excluding carboxylic acids is 1. The van der Waals surface area contributed by atoms with Crippen molar-refractivity contribution in [3.05, 3.63) is 46.6 Å². The van der Waals surface area contributed by atoms with Gasteiger partial charge in [-0.15, -0.1) is 0 Å². The molecule has 0 saturated carbocycles. The number of nitrogens with one attached hydrogen (secondary N) is 1. The summed E-state index contributed by atoms with van der Waals surface area (Å²) in [4.78, 5) is 24.3. The molecule has 7 heteroatoms. The third-order valence-corrected chi connectivity index (χ3v) is 4.33. The lowest BCUT2D eigenvalue weighted by Crippen LogP contribution is -2.21. The minimum absolute atomic E-state index is 0.168. The molecule has 1 unspecified atom stereocenters.